The molecule has 1 aromatic heterocycles. The molecule has 1 N–H and O–H groups in total. The first kappa shape index (κ1) is 27.4. The van der Waals surface area contributed by atoms with E-state index in [2.05, 4.69) is 5.32 Å². The lowest BCUT2D eigenvalue weighted by Crippen LogP contribution is -2.47. The Hall–Kier alpha value is -3.65. The van der Waals surface area contributed by atoms with Gasteiger partial charge in [0.05, 0.1) is 25.7 Å². The Morgan fingerprint density at radius 1 is 1.00 bits per heavy atom. The maximum Gasteiger partial charge on any atom is 0.337 e. The average Bonchev–Trinajstić information content (AvgIpc) is 3.45. The van der Waals surface area contributed by atoms with Crippen LogP contribution in [0.1, 0.15) is 65.9 Å². The van der Waals surface area contributed by atoms with Gasteiger partial charge >= 0.3 is 5.97 Å². The normalized spacial score (nSPS) is 14.4. The third-order valence-corrected chi connectivity index (χ3v) is 7.58. The molecule has 2 amide bonds. The summed E-state index contributed by atoms with van der Waals surface area (Å²) >= 11 is 1.50. The lowest BCUT2D eigenvalue weighted by molar-refractivity contribution is -0.127. The molecule has 200 valence electrons. The molecule has 0 unspecified atom stereocenters. The number of carbonyl (C=O) groups excluding carboxylic acids is 3. The van der Waals surface area contributed by atoms with Crippen LogP contribution in [-0.4, -0.2) is 37.5 Å². The number of anilines is 1. The van der Waals surface area contributed by atoms with E-state index >= 15 is 0 Å². The van der Waals surface area contributed by atoms with E-state index < -0.39 is 12.0 Å². The number of rotatable bonds is 10. The van der Waals surface area contributed by atoms with Crippen molar-refractivity contribution in [3.05, 3.63) is 82.0 Å². The number of carbonyl (C=O) groups is 3. The number of hydrogen-bond donors (Lipinski definition) is 1. The molecular weight excluding hydrogens is 500 g/mol. The molecule has 4 rings (SSSR count). The maximum atomic E-state index is 14.0. The zero-order valence-corrected chi connectivity index (χ0v) is 22.7. The van der Waals surface area contributed by atoms with Gasteiger partial charge in [0.1, 0.15) is 11.8 Å². The summed E-state index contributed by atoms with van der Waals surface area (Å²) in [6.07, 6.45) is 5.34. The van der Waals surface area contributed by atoms with E-state index in [9.17, 15) is 14.4 Å². The van der Waals surface area contributed by atoms with E-state index in [1.165, 1.54) is 24.9 Å². The van der Waals surface area contributed by atoms with E-state index in [4.69, 9.17) is 9.47 Å². The molecule has 2 aromatic carbocycles. The van der Waals surface area contributed by atoms with Gasteiger partial charge in [-0.05, 0) is 73.2 Å². The maximum absolute atomic E-state index is 14.0. The van der Waals surface area contributed by atoms with Crippen molar-refractivity contribution < 1.29 is 23.9 Å². The molecule has 0 bridgehead atoms. The van der Waals surface area contributed by atoms with E-state index in [1.807, 2.05) is 48.7 Å². The Bertz CT molecular complexity index is 1200. The first-order valence-electron chi connectivity index (χ1n) is 13.1. The van der Waals surface area contributed by atoms with Crippen LogP contribution in [0.4, 0.5) is 5.69 Å². The molecular formula is C30H34N2O5S. The Labute approximate surface area is 227 Å². The predicted molar refractivity (Wildman–Crippen MR) is 149 cm³/mol. The first-order valence-corrected chi connectivity index (χ1v) is 13.9. The molecule has 0 saturated heterocycles. The molecule has 1 aliphatic rings. The molecule has 3 aromatic rings. The summed E-state index contributed by atoms with van der Waals surface area (Å²) in [5.74, 6) is -0.207. The molecule has 1 heterocycles. The monoisotopic (exact) mass is 534 g/mol. The zero-order chi connectivity index (χ0) is 26.9. The standard InChI is InChI=1S/C30H34N2O5S/c1-3-37-25-17-13-21(14-18-25)28(29(34)31-23-8-5-4-6-9-23)32(27(33)20-26-10-7-19-38-26)24-15-11-22(12-16-24)30(35)36-2/h7,10-19,23,28H,3-6,8-9,20H2,1-2H3,(H,31,34)/t28-/m1/s1. The highest BCUT2D eigenvalue weighted by Gasteiger charge is 2.34. The molecule has 1 fully saturated rings. The summed E-state index contributed by atoms with van der Waals surface area (Å²) in [7, 11) is 1.32. The van der Waals surface area contributed by atoms with Crippen LogP contribution in [0.25, 0.3) is 0 Å². The fourth-order valence-corrected chi connectivity index (χ4v) is 5.51. The Morgan fingerprint density at radius 3 is 2.32 bits per heavy atom. The third-order valence-electron chi connectivity index (χ3n) is 6.71. The van der Waals surface area contributed by atoms with Gasteiger partial charge < -0.3 is 14.8 Å². The molecule has 7 nitrogen and oxygen atoms in total. The second-order valence-corrected chi connectivity index (χ2v) is 10.3. The van der Waals surface area contributed by atoms with Crippen molar-refractivity contribution in [2.45, 2.75) is 57.5 Å². The molecule has 1 atom stereocenters. The number of benzene rings is 2. The van der Waals surface area contributed by atoms with Crippen LogP contribution in [-0.2, 0) is 20.7 Å². The van der Waals surface area contributed by atoms with Crippen LogP contribution in [0.3, 0.4) is 0 Å². The summed E-state index contributed by atoms with van der Waals surface area (Å²) in [6, 6.07) is 16.9. The van der Waals surface area contributed by atoms with Crippen molar-refractivity contribution in [3.63, 3.8) is 0 Å². The highest BCUT2D eigenvalue weighted by atomic mass is 32.1. The van der Waals surface area contributed by atoms with Gasteiger partial charge in [-0.1, -0.05) is 37.5 Å². The van der Waals surface area contributed by atoms with Crippen LogP contribution < -0.4 is 15.0 Å². The summed E-state index contributed by atoms with van der Waals surface area (Å²) in [6.45, 7) is 2.44. The summed E-state index contributed by atoms with van der Waals surface area (Å²) in [5, 5.41) is 5.15. The molecule has 1 saturated carbocycles. The number of thiophene rings is 1. The van der Waals surface area contributed by atoms with Gasteiger partial charge in [0, 0.05) is 16.6 Å². The minimum absolute atomic E-state index is 0.0809. The first-order chi connectivity index (χ1) is 18.5. The Kier molecular flexibility index (Phi) is 9.54. The second-order valence-electron chi connectivity index (χ2n) is 9.31. The second kappa shape index (κ2) is 13.2. The van der Waals surface area contributed by atoms with Gasteiger partial charge in [-0.3, -0.25) is 14.5 Å². The zero-order valence-electron chi connectivity index (χ0n) is 21.9. The number of nitrogens with one attached hydrogen (secondary N) is 1. The fraction of sp³-hybridized carbons (Fsp3) is 0.367. The number of amides is 2. The number of nitrogens with zero attached hydrogens (tertiary/aromatic N) is 1. The van der Waals surface area contributed by atoms with Crippen molar-refractivity contribution in [1.82, 2.24) is 5.32 Å². The quantitative estimate of drug-likeness (QED) is 0.337. The SMILES string of the molecule is CCOc1ccc([C@H](C(=O)NC2CCCCC2)N(C(=O)Cc2cccs2)c2ccc(C(=O)OC)cc2)cc1. The number of ether oxygens (including phenoxy) is 2. The van der Waals surface area contributed by atoms with Crippen LogP contribution in [0, 0.1) is 0 Å². The van der Waals surface area contributed by atoms with E-state index in [0.717, 1.165) is 30.6 Å². The Morgan fingerprint density at radius 2 is 1.71 bits per heavy atom. The fourth-order valence-electron chi connectivity index (χ4n) is 4.82. The average molecular weight is 535 g/mol. The van der Waals surface area contributed by atoms with Crippen LogP contribution in [0.5, 0.6) is 5.75 Å². The third kappa shape index (κ3) is 6.81. The minimum Gasteiger partial charge on any atom is -0.494 e. The van der Waals surface area contributed by atoms with Gasteiger partial charge in [0.25, 0.3) is 0 Å². The lowest BCUT2D eigenvalue weighted by atomic mass is 9.94. The summed E-state index contributed by atoms with van der Waals surface area (Å²) < 4.78 is 10.4. The van der Waals surface area contributed by atoms with Crippen LogP contribution >= 0.6 is 11.3 Å². The van der Waals surface area contributed by atoms with E-state index in [-0.39, 0.29) is 24.3 Å². The van der Waals surface area contributed by atoms with E-state index in [1.54, 1.807) is 29.2 Å². The number of hydrogen-bond acceptors (Lipinski definition) is 6. The molecule has 1 aliphatic carbocycles. The topological polar surface area (TPSA) is 84.9 Å². The van der Waals surface area contributed by atoms with Crippen molar-refractivity contribution in [3.8, 4) is 5.75 Å². The van der Waals surface area contributed by atoms with Crippen molar-refractivity contribution in [2.75, 3.05) is 18.6 Å². The van der Waals surface area contributed by atoms with Crippen LogP contribution in [0.2, 0.25) is 0 Å². The summed E-state index contributed by atoms with van der Waals surface area (Å²) in [4.78, 5) is 42.4. The molecule has 8 heteroatoms. The lowest BCUT2D eigenvalue weighted by Gasteiger charge is -2.33. The molecule has 0 radical (unpaired) electrons. The largest absolute Gasteiger partial charge is 0.494 e. The summed E-state index contributed by atoms with van der Waals surface area (Å²) in [5.41, 5.74) is 1.57. The van der Waals surface area contributed by atoms with Gasteiger partial charge in [0.15, 0.2) is 0 Å². The number of esters is 1. The number of methoxy groups -OCH3 is 1. The van der Waals surface area contributed by atoms with Gasteiger partial charge in [-0.25, -0.2) is 4.79 Å². The van der Waals surface area contributed by atoms with Crippen molar-refractivity contribution in [2.24, 2.45) is 0 Å². The predicted octanol–water partition coefficient (Wildman–Crippen LogP) is 5.70. The molecule has 0 aliphatic heterocycles. The molecule has 38 heavy (non-hydrogen) atoms. The van der Waals surface area contributed by atoms with Crippen LogP contribution in [0.15, 0.2) is 66.0 Å². The van der Waals surface area contributed by atoms with Crippen molar-refractivity contribution >= 4 is 34.8 Å². The highest BCUT2D eigenvalue weighted by Crippen LogP contribution is 2.31. The highest BCUT2D eigenvalue weighted by molar-refractivity contribution is 7.10. The smallest absolute Gasteiger partial charge is 0.337 e. The van der Waals surface area contributed by atoms with E-state index in [0.29, 0.717) is 29.2 Å². The minimum atomic E-state index is -0.899. The van der Waals surface area contributed by atoms with Gasteiger partial charge in [-0.2, -0.15) is 0 Å². The van der Waals surface area contributed by atoms with Crippen molar-refractivity contribution in [1.29, 1.82) is 0 Å². The Balaban J connectivity index is 1.75. The molecule has 0 spiro atoms. The van der Waals surface area contributed by atoms with Gasteiger partial charge in [0.2, 0.25) is 11.8 Å². The van der Waals surface area contributed by atoms with Gasteiger partial charge in [-0.15, -0.1) is 11.3 Å².